The number of methoxy groups -OCH3 is 2. The molecule has 0 saturated heterocycles. The second kappa shape index (κ2) is 8.56. The summed E-state index contributed by atoms with van der Waals surface area (Å²) in [6.45, 7) is 0. The lowest BCUT2D eigenvalue weighted by Gasteiger charge is -2.18. The Balaban J connectivity index is 2.00. The molecule has 26 heavy (non-hydrogen) atoms. The minimum absolute atomic E-state index is 0.226. The average molecular weight is 352 g/mol. The second-order valence-electron chi connectivity index (χ2n) is 6.34. The molecule has 4 nitrogen and oxygen atoms in total. The van der Waals surface area contributed by atoms with Gasteiger partial charge in [-0.1, -0.05) is 36.4 Å². The molecule has 3 rings (SSSR count). The van der Waals surface area contributed by atoms with Gasteiger partial charge in [-0.3, -0.25) is 0 Å². The molecule has 0 aromatic heterocycles. The van der Waals surface area contributed by atoms with Crippen LogP contribution < -0.4 is 9.47 Å². The molecule has 0 bridgehead atoms. The van der Waals surface area contributed by atoms with E-state index in [-0.39, 0.29) is 6.10 Å². The maximum absolute atomic E-state index is 11.9. The van der Waals surface area contributed by atoms with Crippen LogP contribution in [-0.2, 0) is 9.53 Å². The van der Waals surface area contributed by atoms with Crippen molar-refractivity contribution in [3.63, 3.8) is 0 Å². The Bertz CT molecular complexity index is 774. The van der Waals surface area contributed by atoms with Crippen LogP contribution in [0.15, 0.2) is 54.6 Å². The van der Waals surface area contributed by atoms with Gasteiger partial charge in [0.05, 0.1) is 20.3 Å². The van der Waals surface area contributed by atoms with Crippen LogP contribution >= 0.6 is 0 Å². The van der Waals surface area contributed by atoms with Gasteiger partial charge in [0, 0.05) is 6.08 Å². The molecule has 1 saturated carbocycles. The van der Waals surface area contributed by atoms with E-state index in [0.717, 1.165) is 29.5 Å². The van der Waals surface area contributed by atoms with Crippen molar-refractivity contribution in [1.82, 2.24) is 0 Å². The first-order valence-electron chi connectivity index (χ1n) is 8.91. The van der Waals surface area contributed by atoms with Gasteiger partial charge in [-0.05, 0) is 54.5 Å². The van der Waals surface area contributed by atoms with Crippen molar-refractivity contribution >= 4 is 11.5 Å². The minimum Gasteiger partial charge on any atom is -0.493 e. The van der Waals surface area contributed by atoms with Crippen LogP contribution in [0.2, 0.25) is 0 Å². The van der Waals surface area contributed by atoms with E-state index in [1.807, 2.05) is 48.5 Å². The van der Waals surface area contributed by atoms with Crippen molar-refractivity contribution in [3.05, 3.63) is 65.7 Å². The predicted octanol–water partition coefficient (Wildman–Crippen LogP) is 4.62. The monoisotopic (exact) mass is 352 g/mol. The average Bonchev–Trinajstić information content (AvgIpc) is 3.19. The Hall–Kier alpha value is -2.75. The predicted molar refractivity (Wildman–Crippen MR) is 101 cm³/mol. The van der Waals surface area contributed by atoms with E-state index in [1.165, 1.54) is 26.0 Å². The van der Waals surface area contributed by atoms with Crippen molar-refractivity contribution in [2.45, 2.75) is 31.8 Å². The molecule has 0 spiro atoms. The van der Waals surface area contributed by atoms with E-state index in [4.69, 9.17) is 14.2 Å². The molecule has 2 aromatic rings. The Morgan fingerprint density at radius 1 is 0.962 bits per heavy atom. The normalized spacial score (nSPS) is 14.9. The minimum atomic E-state index is -0.391. The maximum Gasteiger partial charge on any atom is 0.331 e. The molecular weight excluding hydrogens is 328 g/mol. The number of hydrogen-bond donors (Lipinski definition) is 0. The SMILES string of the molecule is COC(=O)C=C(c1ccccc1)c1ccc(OC)c(OC2CCCC2)c1. The lowest BCUT2D eigenvalue weighted by Crippen LogP contribution is -2.11. The molecule has 0 aliphatic heterocycles. The van der Waals surface area contributed by atoms with Gasteiger partial charge in [-0.25, -0.2) is 4.79 Å². The van der Waals surface area contributed by atoms with E-state index < -0.39 is 5.97 Å². The third kappa shape index (κ3) is 4.26. The number of rotatable bonds is 6. The summed E-state index contributed by atoms with van der Waals surface area (Å²) in [5.41, 5.74) is 2.61. The lowest BCUT2D eigenvalue weighted by molar-refractivity contribution is -0.134. The molecule has 0 unspecified atom stereocenters. The number of carbonyl (C=O) groups is 1. The summed E-state index contributed by atoms with van der Waals surface area (Å²) in [5, 5.41) is 0. The molecule has 0 N–H and O–H groups in total. The zero-order valence-electron chi connectivity index (χ0n) is 15.2. The maximum atomic E-state index is 11.9. The van der Waals surface area contributed by atoms with E-state index in [2.05, 4.69) is 0 Å². The van der Waals surface area contributed by atoms with Crippen molar-refractivity contribution in [1.29, 1.82) is 0 Å². The second-order valence-corrected chi connectivity index (χ2v) is 6.34. The lowest BCUT2D eigenvalue weighted by atomic mass is 9.97. The summed E-state index contributed by atoms with van der Waals surface area (Å²) in [6, 6.07) is 15.5. The van der Waals surface area contributed by atoms with Crippen molar-refractivity contribution in [2.24, 2.45) is 0 Å². The molecule has 136 valence electrons. The van der Waals surface area contributed by atoms with Crippen LogP contribution in [0.5, 0.6) is 11.5 Å². The molecule has 1 aliphatic carbocycles. The van der Waals surface area contributed by atoms with Crippen LogP contribution in [0.4, 0.5) is 0 Å². The number of esters is 1. The summed E-state index contributed by atoms with van der Waals surface area (Å²) < 4.78 is 16.5. The molecule has 0 amide bonds. The van der Waals surface area contributed by atoms with Gasteiger partial charge in [0.2, 0.25) is 0 Å². The van der Waals surface area contributed by atoms with Gasteiger partial charge in [-0.15, -0.1) is 0 Å². The molecule has 2 aromatic carbocycles. The zero-order valence-corrected chi connectivity index (χ0v) is 15.2. The highest BCUT2D eigenvalue weighted by Gasteiger charge is 2.19. The molecule has 4 heteroatoms. The molecule has 0 atom stereocenters. The van der Waals surface area contributed by atoms with Crippen molar-refractivity contribution < 1.29 is 19.0 Å². The molecular formula is C22H24O4. The number of carbonyl (C=O) groups excluding carboxylic acids is 1. The fourth-order valence-electron chi connectivity index (χ4n) is 3.25. The van der Waals surface area contributed by atoms with Gasteiger partial charge >= 0.3 is 5.97 Å². The van der Waals surface area contributed by atoms with E-state index in [0.29, 0.717) is 11.5 Å². The van der Waals surface area contributed by atoms with E-state index >= 15 is 0 Å². The van der Waals surface area contributed by atoms with Gasteiger partial charge in [0.25, 0.3) is 0 Å². The quantitative estimate of drug-likeness (QED) is 0.562. The van der Waals surface area contributed by atoms with Crippen LogP contribution in [0, 0.1) is 0 Å². The largest absolute Gasteiger partial charge is 0.493 e. The molecule has 1 aliphatic rings. The summed E-state index contributed by atoms with van der Waals surface area (Å²) in [4.78, 5) is 11.9. The number of benzene rings is 2. The van der Waals surface area contributed by atoms with E-state index in [9.17, 15) is 4.79 Å². The molecule has 0 radical (unpaired) electrons. The first kappa shape index (κ1) is 18.1. The molecule has 1 fully saturated rings. The Labute approximate surface area is 154 Å². The number of hydrogen-bond acceptors (Lipinski definition) is 4. The fraction of sp³-hybridized carbons (Fsp3) is 0.318. The third-order valence-electron chi connectivity index (χ3n) is 4.62. The Morgan fingerprint density at radius 2 is 1.69 bits per heavy atom. The van der Waals surface area contributed by atoms with Gasteiger partial charge in [0.15, 0.2) is 11.5 Å². The van der Waals surface area contributed by atoms with Crippen LogP contribution in [0.1, 0.15) is 36.8 Å². The van der Waals surface area contributed by atoms with Crippen molar-refractivity contribution in [3.8, 4) is 11.5 Å². The first-order chi connectivity index (χ1) is 12.7. The fourth-order valence-corrected chi connectivity index (χ4v) is 3.25. The van der Waals surface area contributed by atoms with Gasteiger partial charge in [0.1, 0.15) is 0 Å². The van der Waals surface area contributed by atoms with E-state index in [1.54, 1.807) is 7.11 Å². The van der Waals surface area contributed by atoms with Crippen LogP contribution in [0.3, 0.4) is 0 Å². The van der Waals surface area contributed by atoms with Crippen LogP contribution in [0.25, 0.3) is 5.57 Å². The van der Waals surface area contributed by atoms with Crippen molar-refractivity contribution in [2.75, 3.05) is 14.2 Å². The summed E-state index contributed by atoms with van der Waals surface area (Å²) >= 11 is 0. The summed E-state index contributed by atoms with van der Waals surface area (Å²) in [5.74, 6) is 1.02. The zero-order chi connectivity index (χ0) is 18.4. The summed E-state index contributed by atoms with van der Waals surface area (Å²) in [6.07, 6.45) is 6.27. The molecule has 0 heterocycles. The van der Waals surface area contributed by atoms with Gasteiger partial charge < -0.3 is 14.2 Å². The standard InChI is InChI=1S/C22H24O4/c1-24-20-13-12-17(14-21(20)26-18-10-6-7-11-18)19(15-22(23)25-2)16-8-4-3-5-9-16/h3-5,8-9,12-15,18H,6-7,10-11H2,1-2H3. The number of ether oxygens (including phenoxy) is 3. The van der Waals surface area contributed by atoms with Gasteiger partial charge in [-0.2, -0.15) is 0 Å². The Morgan fingerprint density at radius 3 is 2.35 bits per heavy atom. The smallest absolute Gasteiger partial charge is 0.331 e. The van der Waals surface area contributed by atoms with Crippen LogP contribution in [-0.4, -0.2) is 26.3 Å². The topological polar surface area (TPSA) is 44.8 Å². The Kier molecular flexibility index (Phi) is 5.95. The summed E-state index contributed by atoms with van der Waals surface area (Å²) in [7, 11) is 3.02. The third-order valence-corrected chi connectivity index (χ3v) is 4.62. The highest BCUT2D eigenvalue weighted by molar-refractivity contribution is 5.96. The highest BCUT2D eigenvalue weighted by Crippen LogP contribution is 2.35. The first-order valence-corrected chi connectivity index (χ1v) is 8.91. The highest BCUT2D eigenvalue weighted by atomic mass is 16.5.